The first-order valence-electron chi connectivity index (χ1n) is 4.96. The average Bonchev–Trinajstić information content (AvgIpc) is 2.95. The number of sulfone groups is 1. The number of halogens is 2. The summed E-state index contributed by atoms with van der Waals surface area (Å²) in [7, 11) is -3.62. The first-order valence-corrected chi connectivity index (χ1v) is 8.03. The summed E-state index contributed by atoms with van der Waals surface area (Å²) in [5.41, 5.74) is 0. The number of nitriles is 1. The van der Waals surface area contributed by atoms with Crippen molar-refractivity contribution in [1.29, 1.82) is 5.26 Å². The first kappa shape index (κ1) is 13.1. The molecule has 1 saturated carbocycles. The van der Waals surface area contributed by atoms with Crippen LogP contribution in [0.4, 0.5) is 0 Å². The van der Waals surface area contributed by atoms with E-state index in [9.17, 15) is 8.42 Å². The van der Waals surface area contributed by atoms with Gasteiger partial charge in [0.1, 0.15) is 0 Å². The Balaban J connectivity index is 2.62. The highest BCUT2D eigenvalue weighted by Gasteiger charge is 2.63. The van der Waals surface area contributed by atoms with Gasteiger partial charge in [-0.15, -0.1) is 0 Å². The molecule has 0 amide bonds. The number of nitrogens with zero attached hydrogens (tertiary/aromatic N) is 1. The predicted octanol–water partition coefficient (Wildman–Crippen LogP) is 3.29. The van der Waals surface area contributed by atoms with Crippen molar-refractivity contribution in [2.75, 3.05) is 0 Å². The van der Waals surface area contributed by atoms with Gasteiger partial charge in [-0.1, -0.05) is 22.9 Å². The van der Waals surface area contributed by atoms with Gasteiger partial charge in [-0.2, -0.15) is 5.26 Å². The molecular weight excluding hydrogens is 370 g/mol. The van der Waals surface area contributed by atoms with E-state index in [1.54, 1.807) is 19.1 Å². The fourth-order valence-electron chi connectivity index (χ4n) is 1.87. The number of rotatable bonds is 2. The summed E-state index contributed by atoms with van der Waals surface area (Å²) in [6, 6.07) is 6.91. The SMILES string of the molecule is CC1CC1(C#N)S(=O)(=O)c1cc(Br)ccc1Br. The predicted molar refractivity (Wildman–Crippen MR) is 71.2 cm³/mol. The largest absolute Gasteiger partial charge is 0.222 e. The van der Waals surface area contributed by atoms with E-state index in [1.807, 2.05) is 6.07 Å². The van der Waals surface area contributed by atoms with Crippen LogP contribution in [0.15, 0.2) is 32.0 Å². The molecule has 0 N–H and O–H groups in total. The van der Waals surface area contributed by atoms with Gasteiger partial charge in [0.05, 0.1) is 11.0 Å². The Morgan fingerprint density at radius 1 is 1.47 bits per heavy atom. The third-order valence-corrected chi connectivity index (χ3v) is 7.08. The maximum atomic E-state index is 12.5. The van der Waals surface area contributed by atoms with Crippen molar-refractivity contribution < 1.29 is 8.42 Å². The molecule has 0 aliphatic heterocycles. The normalized spacial score (nSPS) is 27.5. The Kier molecular flexibility index (Phi) is 3.13. The Hall–Kier alpha value is -0.380. The van der Waals surface area contributed by atoms with Crippen LogP contribution in [-0.4, -0.2) is 13.2 Å². The first-order chi connectivity index (χ1) is 7.85. The van der Waals surface area contributed by atoms with Crippen LogP contribution >= 0.6 is 31.9 Å². The minimum Gasteiger partial charge on any atom is -0.222 e. The number of hydrogen-bond acceptors (Lipinski definition) is 3. The van der Waals surface area contributed by atoms with Crippen LogP contribution in [0.5, 0.6) is 0 Å². The maximum absolute atomic E-state index is 12.5. The average molecular weight is 379 g/mol. The summed E-state index contributed by atoms with van der Waals surface area (Å²) in [6.45, 7) is 1.78. The van der Waals surface area contributed by atoms with Gasteiger partial charge in [-0.25, -0.2) is 8.42 Å². The molecule has 0 bridgehead atoms. The van der Waals surface area contributed by atoms with Gasteiger partial charge in [0.25, 0.3) is 0 Å². The van der Waals surface area contributed by atoms with E-state index in [2.05, 4.69) is 31.9 Å². The van der Waals surface area contributed by atoms with Crippen molar-refractivity contribution in [3.05, 3.63) is 27.1 Å². The monoisotopic (exact) mass is 377 g/mol. The highest BCUT2D eigenvalue weighted by Crippen LogP contribution is 2.52. The Bertz CT molecular complexity index is 621. The third-order valence-electron chi connectivity index (χ3n) is 3.10. The molecule has 1 fully saturated rings. The molecule has 1 aromatic rings. The van der Waals surface area contributed by atoms with Crippen LogP contribution in [0.3, 0.4) is 0 Å². The molecule has 0 heterocycles. The second-order valence-electron chi connectivity index (χ2n) is 4.18. The van der Waals surface area contributed by atoms with Crippen molar-refractivity contribution in [1.82, 2.24) is 0 Å². The van der Waals surface area contributed by atoms with Crippen LogP contribution < -0.4 is 0 Å². The van der Waals surface area contributed by atoms with Crippen molar-refractivity contribution in [2.45, 2.75) is 23.0 Å². The molecule has 0 aromatic heterocycles. The van der Waals surface area contributed by atoms with Crippen LogP contribution in [-0.2, 0) is 9.84 Å². The molecule has 6 heteroatoms. The summed E-state index contributed by atoms with van der Waals surface area (Å²) in [5, 5.41) is 9.13. The van der Waals surface area contributed by atoms with Gasteiger partial charge in [-0.3, -0.25) is 0 Å². The highest BCUT2D eigenvalue weighted by molar-refractivity contribution is 9.11. The third kappa shape index (κ3) is 1.85. The lowest BCUT2D eigenvalue weighted by Crippen LogP contribution is -2.23. The van der Waals surface area contributed by atoms with Crippen molar-refractivity contribution >= 4 is 41.7 Å². The van der Waals surface area contributed by atoms with Crippen LogP contribution in [0.25, 0.3) is 0 Å². The Morgan fingerprint density at radius 3 is 2.53 bits per heavy atom. The standard InChI is InChI=1S/C11H9Br2NO2S/c1-7-5-11(7,6-14)17(15,16)10-4-8(12)2-3-9(10)13/h2-4,7H,5H2,1H3. The number of hydrogen-bond donors (Lipinski definition) is 0. The lowest BCUT2D eigenvalue weighted by Gasteiger charge is -2.11. The minimum atomic E-state index is -3.62. The molecule has 90 valence electrons. The smallest absolute Gasteiger partial charge is 0.198 e. The van der Waals surface area contributed by atoms with E-state index < -0.39 is 14.6 Å². The molecular formula is C11H9Br2NO2S. The summed E-state index contributed by atoms with van der Waals surface area (Å²) in [6.07, 6.45) is 0.408. The zero-order chi connectivity index (χ0) is 12.8. The van der Waals surface area contributed by atoms with E-state index in [4.69, 9.17) is 5.26 Å². The van der Waals surface area contributed by atoms with Crippen molar-refractivity contribution in [3.8, 4) is 6.07 Å². The fraction of sp³-hybridized carbons (Fsp3) is 0.364. The van der Waals surface area contributed by atoms with Crippen LogP contribution in [0.1, 0.15) is 13.3 Å². The summed E-state index contributed by atoms with van der Waals surface area (Å²) in [4.78, 5) is 0.178. The molecule has 2 rings (SSSR count). The van der Waals surface area contributed by atoms with Gasteiger partial charge in [0.15, 0.2) is 14.6 Å². The zero-order valence-corrected chi connectivity index (χ0v) is 12.9. The Labute approximate surface area is 117 Å². The maximum Gasteiger partial charge on any atom is 0.198 e. The zero-order valence-electron chi connectivity index (χ0n) is 8.94. The molecule has 17 heavy (non-hydrogen) atoms. The number of benzene rings is 1. The molecule has 1 aliphatic carbocycles. The van der Waals surface area contributed by atoms with Gasteiger partial charge in [0, 0.05) is 8.95 Å². The molecule has 2 atom stereocenters. The molecule has 2 unspecified atom stereocenters. The molecule has 3 nitrogen and oxygen atoms in total. The van der Waals surface area contributed by atoms with Gasteiger partial charge in [0.2, 0.25) is 0 Å². The van der Waals surface area contributed by atoms with E-state index in [1.165, 1.54) is 6.07 Å². The lowest BCUT2D eigenvalue weighted by molar-refractivity contribution is 0.584. The summed E-state index contributed by atoms with van der Waals surface area (Å²) in [5.74, 6) is -0.108. The molecule has 1 aliphatic rings. The quantitative estimate of drug-likeness (QED) is 0.793. The van der Waals surface area contributed by atoms with Gasteiger partial charge >= 0.3 is 0 Å². The minimum absolute atomic E-state index is 0.108. The lowest BCUT2D eigenvalue weighted by atomic mass is 10.4. The van der Waals surface area contributed by atoms with Crippen LogP contribution in [0, 0.1) is 17.2 Å². The second kappa shape index (κ2) is 4.08. The molecule has 1 aromatic carbocycles. The topological polar surface area (TPSA) is 57.9 Å². The van der Waals surface area contributed by atoms with E-state index in [-0.39, 0.29) is 10.8 Å². The second-order valence-corrected chi connectivity index (χ2v) is 8.13. The van der Waals surface area contributed by atoms with Gasteiger partial charge < -0.3 is 0 Å². The molecule has 0 spiro atoms. The highest BCUT2D eigenvalue weighted by atomic mass is 79.9. The van der Waals surface area contributed by atoms with Crippen molar-refractivity contribution in [3.63, 3.8) is 0 Å². The summed E-state index contributed by atoms with van der Waals surface area (Å²) >= 11 is 6.47. The van der Waals surface area contributed by atoms with E-state index in [0.717, 1.165) is 0 Å². The van der Waals surface area contributed by atoms with Gasteiger partial charge in [-0.05, 0) is 46.5 Å². The fourth-order valence-corrected chi connectivity index (χ4v) is 5.38. The van der Waals surface area contributed by atoms with Crippen molar-refractivity contribution in [2.24, 2.45) is 5.92 Å². The molecule has 0 saturated heterocycles. The Morgan fingerprint density at radius 2 is 2.06 bits per heavy atom. The molecule has 0 radical (unpaired) electrons. The summed E-state index contributed by atoms with van der Waals surface area (Å²) < 4.78 is 24.9. The van der Waals surface area contributed by atoms with Crippen LogP contribution in [0.2, 0.25) is 0 Å². The van der Waals surface area contributed by atoms with E-state index in [0.29, 0.717) is 15.4 Å². The van der Waals surface area contributed by atoms with E-state index >= 15 is 0 Å².